The zero-order chi connectivity index (χ0) is 14.5. The zero-order valence-corrected chi connectivity index (χ0v) is 11.3. The standard InChI is InChI=1S/C14H18N4O2/c1-2-11(9-19)16-14(20)13-6-7-18(17-13)12-5-3-4-10(15)8-12/h3-8,11,19H,2,9,15H2,1H3,(H,16,20)/t11-/m0/s1. The van der Waals surface area contributed by atoms with Crippen LogP contribution >= 0.6 is 0 Å². The molecule has 0 radical (unpaired) electrons. The van der Waals surface area contributed by atoms with Crippen LogP contribution in [0.3, 0.4) is 0 Å². The molecule has 0 saturated carbocycles. The fourth-order valence-corrected chi connectivity index (χ4v) is 1.79. The maximum atomic E-state index is 12.0. The summed E-state index contributed by atoms with van der Waals surface area (Å²) in [6.45, 7) is 1.81. The molecule has 2 aromatic rings. The molecule has 1 heterocycles. The third kappa shape index (κ3) is 3.16. The van der Waals surface area contributed by atoms with E-state index < -0.39 is 0 Å². The minimum Gasteiger partial charge on any atom is -0.399 e. The highest BCUT2D eigenvalue weighted by molar-refractivity contribution is 5.92. The molecule has 0 aliphatic carbocycles. The minimum absolute atomic E-state index is 0.0852. The zero-order valence-electron chi connectivity index (χ0n) is 11.3. The first-order valence-electron chi connectivity index (χ1n) is 6.47. The molecule has 0 fully saturated rings. The Morgan fingerprint density at radius 1 is 1.50 bits per heavy atom. The van der Waals surface area contributed by atoms with E-state index in [0.717, 1.165) is 5.69 Å². The SMILES string of the molecule is CC[C@@H](CO)NC(=O)c1ccn(-c2cccc(N)c2)n1. The van der Waals surface area contributed by atoms with Crippen LogP contribution in [-0.4, -0.2) is 33.4 Å². The van der Waals surface area contributed by atoms with Crippen LogP contribution < -0.4 is 11.1 Å². The highest BCUT2D eigenvalue weighted by Gasteiger charge is 2.14. The van der Waals surface area contributed by atoms with Gasteiger partial charge in [0.1, 0.15) is 0 Å². The summed E-state index contributed by atoms with van der Waals surface area (Å²) in [6.07, 6.45) is 2.36. The molecule has 2 rings (SSSR count). The van der Waals surface area contributed by atoms with Crippen molar-refractivity contribution < 1.29 is 9.90 Å². The van der Waals surface area contributed by atoms with Gasteiger partial charge in [-0.2, -0.15) is 5.10 Å². The molecule has 0 spiro atoms. The molecule has 1 amide bonds. The number of nitrogens with two attached hydrogens (primary N) is 1. The second kappa shape index (κ2) is 6.21. The number of carbonyl (C=O) groups excluding carboxylic acids is 1. The van der Waals surface area contributed by atoms with Crippen LogP contribution in [0.4, 0.5) is 5.69 Å². The van der Waals surface area contributed by atoms with Crippen LogP contribution in [-0.2, 0) is 0 Å². The van der Waals surface area contributed by atoms with E-state index in [1.54, 1.807) is 29.1 Å². The molecule has 6 nitrogen and oxygen atoms in total. The Hall–Kier alpha value is -2.34. The van der Waals surface area contributed by atoms with Gasteiger partial charge in [0.25, 0.3) is 5.91 Å². The number of anilines is 1. The van der Waals surface area contributed by atoms with Crippen LogP contribution in [0, 0.1) is 0 Å². The number of amides is 1. The Morgan fingerprint density at radius 2 is 2.30 bits per heavy atom. The topological polar surface area (TPSA) is 93.2 Å². The Kier molecular flexibility index (Phi) is 4.37. The first-order valence-corrected chi connectivity index (χ1v) is 6.47. The number of aliphatic hydroxyl groups excluding tert-OH is 1. The van der Waals surface area contributed by atoms with Crippen molar-refractivity contribution in [2.75, 3.05) is 12.3 Å². The molecule has 0 unspecified atom stereocenters. The van der Waals surface area contributed by atoms with Crippen LogP contribution in [0.1, 0.15) is 23.8 Å². The minimum atomic E-state index is -0.298. The van der Waals surface area contributed by atoms with Gasteiger partial charge < -0.3 is 16.2 Å². The van der Waals surface area contributed by atoms with Crippen molar-refractivity contribution in [3.63, 3.8) is 0 Å². The normalized spacial score (nSPS) is 12.1. The first kappa shape index (κ1) is 14.1. The molecule has 106 valence electrons. The number of nitrogens with zero attached hydrogens (tertiary/aromatic N) is 2. The van der Waals surface area contributed by atoms with Crippen molar-refractivity contribution in [2.24, 2.45) is 0 Å². The summed E-state index contributed by atoms with van der Waals surface area (Å²) in [5.74, 6) is -0.298. The largest absolute Gasteiger partial charge is 0.399 e. The van der Waals surface area contributed by atoms with Gasteiger partial charge in [-0.25, -0.2) is 4.68 Å². The number of hydrogen-bond acceptors (Lipinski definition) is 4. The van der Waals surface area contributed by atoms with Gasteiger partial charge in [0.05, 0.1) is 18.3 Å². The predicted octanol–water partition coefficient (Wildman–Crippen LogP) is 0.955. The number of carbonyl (C=O) groups is 1. The summed E-state index contributed by atoms with van der Waals surface area (Å²) in [4.78, 5) is 12.0. The second-order valence-corrected chi connectivity index (χ2v) is 4.50. The number of rotatable bonds is 5. The predicted molar refractivity (Wildman–Crippen MR) is 76.6 cm³/mol. The molecular formula is C14H18N4O2. The molecule has 0 aliphatic heterocycles. The third-order valence-electron chi connectivity index (χ3n) is 3.00. The lowest BCUT2D eigenvalue weighted by Crippen LogP contribution is -2.37. The molecular weight excluding hydrogens is 256 g/mol. The summed E-state index contributed by atoms with van der Waals surface area (Å²) in [5, 5.41) is 16.0. The highest BCUT2D eigenvalue weighted by atomic mass is 16.3. The molecule has 20 heavy (non-hydrogen) atoms. The van der Waals surface area contributed by atoms with Gasteiger partial charge in [-0.05, 0) is 30.7 Å². The summed E-state index contributed by atoms with van der Waals surface area (Å²) in [6, 6.07) is 8.62. The number of aromatic nitrogens is 2. The Labute approximate surface area is 117 Å². The Bertz CT molecular complexity index is 590. The van der Waals surface area contributed by atoms with Crippen molar-refractivity contribution in [3.05, 3.63) is 42.2 Å². The summed E-state index contributed by atoms with van der Waals surface area (Å²) in [7, 11) is 0. The monoisotopic (exact) mass is 274 g/mol. The highest BCUT2D eigenvalue weighted by Crippen LogP contribution is 2.11. The molecule has 0 saturated heterocycles. The quantitative estimate of drug-likeness (QED) is 0.708. The lowest BCUT2D eigenvalue weighted by molar-refractivity contribution is 0.0909. The van der Waals surface area contributed by atoms with Crippen molar-refractivity contribution in [2.45, 2.75) is 19.4 Å². The Morgan fingerprint density at radius 3 is 2.95 bits per heavy atom. The van der Waals surface area contributed by atoms with Crippen LogP contribution in [0.25, 0.3) is 5.69 Å². The molecule has 0 bridgehead atoms. The van der Waals surface area contributed by atoms with Gasteiger partial charge >= 0.3 is 0 Å². The second-order valence-electron chi connectivity index (χ2n) is 4.50. The van der Waals surface area contributed by atoms with Crippen molar-refractivity contribution in [1.29, 1.82) is 0 Å². The number of nitrogens with one attached hydrogen (secondary N) is 1. The van der Waals surface area contributed by atoms with Gasteiger partial charge in [-0.3, -0.25) is 4.79 Å². The van der Waals surface area contributed by atoms with E-state index in [9.17, 15) is 4.79 Å². The van der Waals surface area contributed by atoms with E-state index in [4.69, 9.17) is 10.8 Å². The Balaban J connectivity index is 2.14. The fraction of sp³-hybridized carbons (Fsp3) is 0.286. The van der Waals surface area contributed by atoms with Crippen molar-refractivity contribution in [1.82, 2.24) is 15.1 Å². The van der Waals surface area contributed by atoms with E-state index in [-0.39, 0.29) is 18.6 Å². The van der Waals surface area contributed by atoms with E-state index in [0.29, 0.717) is 17.8 Å². The van der Waals surface area contributed by atoms with Gasteiger partial charge in [0, 0.05) is 11.9 Å². The molecule has 4 N–H and O–H groups in total. The van der Waals surface area contributed by atoms with Crippen LogP contribution in [0.15, 0.2) is 36.5 Å². The lowest BCUT2D eigenvalue weighted by Gasteiger charge is -2.12. The average Bonchev–Trinajstić information content (AvgIpc) is 2.94. The fourth-order valence-electron chi connectivity index (χ4n) is 1.79. The molecule has 0 aliphatic rings. The maximum absolute atomic E-state index is 12.0. The summed E-state index contributed by atoms with van der Waals surface area (Å²) >= 11 is 0. The summed E-state index contributed by atoms with van der Waals surface area (Å²) < 4.78 is 1.59. The first-order chi connectivity index (χ1) is 9.63. The molecule has 6 heteroatoms. The number of aliphatic hydroxyl groups is 1. The van der Waals surface area contributed by atoms with E-state index in [1.165, 1.54) is 0 Å². The maximum Gasteiger partial charge on any atom is 0.272 e. The van der Waals surface area contributed by atoms with Gasteiger partial charge in [-0.1, -0.05) is 13.0 Å². The van der Waals surface area contributed by atoms with Crippen molar-refractivity contribution in [3.8, 4) is 5.69 Å². The number of nitrogen functional groups attached to an aromatic ring is 1. The average molecular weight is 274 g/mol. The number of benzene rings is 1. The van der Waals surface area contributed by atoms with Gasteiger partial charge in [0.15, 0.2) is 5.69 Å². The third-order valence-corrected chi connectivity index (χ3v) is 3.00. The van der Waals surface area contributed by atoms with Crippen LogP contribution in [0.2, 0.25) is 0 Å². The molecule has 1 aromatic heterocycles. The van der Waals surface area contributed by atoms with Gasteiger partial charge in [0.2, 0.25) is 0 Å². The molecule has 1 atom stereocenters. The van der Waals surface area contributed by atoms with E-state index >= 15 is 0 Å². The van der Waals surface area contributed by atoms with E-state index in [1.807, 2.05) is 19.1 Å². The smallest absolute Gasteiger partial charge is 0.272 e. The lowest BCUT2D eigenvalue weighted by atomic mass is 10.2. The molecule has 1 aromatic carbocycles. The summed E-state index contributed by atoms with van der Waals surface area (Å²) in [5.41, 5.74) is 7.45. The van der Waals surface area contributed by atoms with Crippen LogP contribution in [0.5, 0.6) is 0 Å². The van der Waals surface area contributed by atoms with Gasteiger partial charge in [-0.15, -0.1) is 0 Å². The van der Waals surface area contributed by atoms with Crippen molar-refractivity contribution >= 4 is 11.6 Å². The number of hydrogen-bond donors (Lipinski definition) is 3. The van der Waals surface area contributed by atoms with E-state index in [2.05, 4.69) is 10.4 Å².